The fourth-order valence-electron chi connectivity index (χ4n) is 3.41. The Hall–Kier alpha value is -2.61. The molecule has 2 heterocycles. The van der Waals surface area contributed by atoms with Crippen LogP contribution in [-0.4, -0.2) is 42.5 Å². The number of ether oxygens (including phenoxy) is 2. The van der Waals surface area contributed by atoms with Gasteiger partial charge in [0.15, 0.2) is 5.13 Å². The van der Waals surface area contributed by atoms with Crippen molar-refractivity contribution in [3.63, 3.8) is 0 Å². The van der Waals surface area contributed by atoms with Gasteiger partial charge >= 0.3 is 0 Å². The van der Waals surface area contributed by atoms with Gasteiger partial charge in [0.2, 0.25) is 5.91 Å². The van der Waals surface area contributed by atoms with Crippen molar-refractivity contribution in [3.8, 4) is 11.5 Å². The highest BCUT2D eigenvalue weighted by Crippen LogP contribution is 2.32. The van der Waals surface area contributed by atoms with E-state index in [-0.39, 0.29) is 17.7 Å². The number of carbonyl (C=O) groups excluding carboxylic acids is 2. The molecular weight excluding hydrogens is 378 g/mol. The van der Waals surface area contributed by atoms with Crippen LogP contribution in [0.25, 0.3) is 0 Å². The fraction of sp³-hybridized carbons (Fsp3) is 0.450. The third-order valence-electron chi connectivity index (χ3n) is 5.32. The van der Waals surface area contributed by atoms with Gasteiger partial charge in [-0.3, -0.25) is 9.59 Å². The zero-order valence-electron chi connectivity index (χ0n) is 16.0. The molecule has 2 amide bonds. The number of fused-ring (bicyclic) bond motifs is 1. The summed E-state index contributed by atoms with van der Waals surface area (Å²) in [6.07, 6.45) is 3.73. The Morgan fingerprint density at radius 1 is 1.18 bits per heavy atom. The standard InChI is InChI=1S/C20H23N3O4S/c1-26-14-8-13(9-15(10-14)27-2)19(25)23-7-6-16-17(11-23)28-20(21-16)22-18(24)12-4-3-5-12/h8-10,12H,3-7,11H2,1-2H3,(H,21,22,24). The van der Waals surface area contributed by atoms with E-state index >= 15 is 0 Å². The second-order valence-electron chi connectivity index (χ2n) is 7.08. The van der Waals surface area contributed by atoms with Crippen molar-refractivity contribution in [2.45, 2.75) is 32.2 Å². The third-order valence-corrected chi connectivity index (χ3v) is 6.32. The van der Waals surface area contributed by atoms with E-state index in [1.807, 2.05) is 0 Å². The summed E-state index contributed by atoms with van der Waals surface area (Å²) in [5.74, 6) is 1.28. The van der Waals surface area contributed by atoms with Crippen molar-refractivity contribution in [3.05, 3.63) is 34.3 Å². The quantitative estimate of drug-likeness (QED) is 0.833. The number of nitrogens with zero attached hydrogens (tertiary/aromatic N) is 2. The first kappa shape index (κ1) is 18.7. The molecule has 1 aliphatic heterocycles. The van der Waals surface area contributed by atoms with Crippen LogP contribution in [0.3, 0.4) is 0 Å². The van der Waals surface area contributed by atoms with Crippen molar-refractivity contribution in [1.82, 2.24) is 9.88 Å². The Labute approximate surface area is 167 Å². The number of thiazole rings is 1. The minimum atomic E-state index is -0.0729. The topological polar surface area (TPSA) is 80.8 Å². The van der Waals surface area contributed by atoms with Gasteiger partial charge in [-0.25, -0.2) is 4.98 Å². The second kappa shape index (κ2) is 7.79. The summed E-state index contributed by atoms with van der Waals surface area (Å²) in [7, 11) is 3.12. The molecule has 8 heteroatoms. The molecule has 0 bridgehead atoms. The van der Waals surface area contributed by atoms with Crippen LogP contribution in [0, 0.1) is 5.92 Å². The lowest BCUT2D eigenvalue weighted by atomic mass is 9.85. The van der Waals surface area contributed by atoms with Gasteiger partial charge in [-0.1, -0.05) is 17.8 Å². The molecule has 0 radical (unpaired) electrons. The summed E-state index contributed by atoms with van der Waals surface area (Å²) in [6, 6.07) is 5.18. The summed E-state index contributed by atoms with van der Waals surface area (Å²) in [5, 5.41) is 3.58. The molecule has 2 aromatic rings. The molecule has 7 nitrogen and oxygen atoms in total. The van der Waals surface area contributed by atoms with Crippen LogP contribution in [0.2, 0.25) is 0 Å². The zero-order chi connectivity index (χ0) is 19.7. The maximum Gasteiger partial charge on any atom is 0.254 e. The molecule has 1 aromatic heterocycles. The predicted molar refractivity (Wildman–Crippen MR) is 106 cm³/mol. The molecule has 1 saturated carbocycles. The lowest BCUT2D eigenvalue weighted by Crippen LogP contribution is -2.35. The first-order chi connectivity index (χ1) is 13.6. The van der Waals surface area contributed by atoms with Gasteiger partial charge < -0.3 is 19.7 Å². The molecule has 1 aliphatic carbocycles. The third kappa shape index (κ3) is 3.69. The number of nitrogens with one attached hydrogen (secondary N) is 1. The van der Waals surface area contributed by atoms with E-state index in [1.165, 1.54) is 11.3 Å². The van der Waals surface area contributed by atoms with Crippen LogP contribution in [0.4, 0.5) is 5.13 Å². The van der Waals surface area contributed by atoms with E-state index in [0.717, 1.165) is 29.8 Å². The molecular formula is C20H23N3O4S. The van der Waals surface area contributed by atoms with Crippen LogP contribution in [0.1, 0.15) is 40.2 Å². The van der Waals surface area contributed by atoms with E-state index in [2.05, 4.69) is 10.3 Å². The number of amides is 2. The summed E-state index contributed by atoms with van der Waals surface area (Å²) in [6.45, 7) is 1.08. The van der Waals surface area contributed by atoms with Crippen LogP contribution >= 0.6 is 11.3 Å². The number of carbonyl (C=O) groups is 2. The highest BCUT2D eigenvalue weighted by molar-refractivity contribution is 7.15. The van der Waals surface area contributed by atoms with E-state index in [1.54, 1.807) is 37.3 Å². The van der Waals surface area contributed by atoms with Crippen LogP contribution in [-0.2, 0) is 17.8 Å². The number of hydrogen-bond acceptors (Lipinski definition) is 6. The maximum atomic E-state index is 13.0. The van der Waals surface area contributed by atoms with Crippen LogP contribution in [0.5, 0.6) is 11.5 Å². The Bertz CT molecular complexity index is 885. The number of methoxy groups -OCH3 is 2. The zero-order valence-corrected chi connectivity index (χ0v) is 16.8. The molecule has 0 atom stereocenters. The van der Waals surface area contributed by atoms with Gasteiger partial charge in [0.25, 0.3) is 5.91 Å². The van der Waals surface area contributed by atoms with Gasteiger partial charge in [0.05, 0.1) is 26.5 Å². The molecule has 4 rings (SSSR count). The highest BCUT2D eigenvalue weighted by Gasteiger charge is 2.28. The Balaban J connectivity index is 1.47. The smallest absolute Gasteiger partial charge is 0.254 e. The second-order valence-corrected chi connectivity index (χ2v) is 8.17. The van der Waals surface area contributed by atoms with Crippen LogP contribution < -0.4 is 14.8 Å². The summed E-state index contributed by atoms with van der Waals surface area (Å²) < 4.78 is 10.5. The highest BCUT2D eigenvalue weighted by atomic mass is 32.1. The first-order valence-electron chi connectivity index (χ1n) is 9.39. The van der Waals surface area contributed by atoms with Gasteiger partial charge in [-0.2, -0.15) is 0 Å². The minimum Gasteiger partial charge on any atom is -0.497 e. The predicted octanol–water partition coefficient (Wildman–Crippen LogP) is 3.10. The first-order valence-corrected chi connectivity index (χ1v) is 10.2. The van der Waals surface area contributed by atoms with Gasteiger partial charge in [-0.05, 0) is 25.0 Å². The van der Waals surface area contributed by atoms with Crippen molar-refractivity contribution in [1.29, 1.82) is 0 Å². The summed E-state index contributed by atoms with van der Waals surface area (Å²) >= 11 is 1.46. The van der Waals surface area contributed by atoms with Crippen molar-refractivity contribution in [2.24, 2.45) is 5.92 Å². The van der Waals surface area contributed by atoms with E-state index in [4.69, 9.17) is 9.47 Å². The van der Waals surface area contributed by atoms with Gasteiger partial charge in [0, 0.05) is 35.4 Å². The molecule has 1 fully saturated rings. The molecule has 1 aromatic carbocycles. The average Bonchev–Trinajstić information content (AvgIpc) is 3.06. The van der Waals surface area contributed by atoms with E-state index in [0.29, 0.717) is 41.7 Å². The lowest BCUT2D eigenvalue weighted by Gasteiger charge is -2.26. The minimum absolute atomic E-state index is 0.0637. The normalized spacial score (nSPS) is 16.1. The van der Waals surface area contributed by atoms with Crippen LogP contribution in [0.15, 0.2) is 18.2 Å². The van der Waals surface area contributed by atoms with Gasteiger partial charge in [0.1, 0.15) is 11.5 Å². The number of aromatic nitrogens is 1. The Kier molecular flexibility index (Phi) is 5.21. The van der Waals surface area contributed by atoms with E-state index < -0.39 is 0 Å². The molecule has 0 unspecified atom stereocenters. The monoisotopic (exact) mass is 401 g/mol. The number of hydrogen-bond donors (Lipinski definition) is 1. The summed E-state index contributed by atoms with van der Waals surface area (Å²) in [5.41, 5.74) is 1.50. The van der Waals surface area contributed by atoms with Crippen molar-refractivity contribution >= 4 is 28.3 Å². The van der Waals surface area contributed by atoms with Crippen molar-refractivity contribution < 1.29 is 19.1 Å². The molecule has 2 aliphatic rings. The average molecular weight is 401 g/mol. The summed E-state index contributed by atoms with van der Waals surface area (Å²) in [4.78, 5) is 32.5. The molecule has 1 N–H and O–H groups in total. The fourth-order valence-corrected chi connectivity index (χ4v) is 4.44. The number of anilines is 1. The SMILES string of the molecule is COc1cc(OC)cc(C(=O)N2CCc3nc(NC(=O)C4CCC4)sc3C2)c1. The van der Waals surface area contributed by atoms with Gasteiger partial charge in [-0.15, -0.1) is 0 Å². The lowest BCUT2D eigenvalue weighted by molar-refractivity contribution is -0.122. The molecule has 0 saturated heterocycles. The Morgan fingerprint density at radius 2 is 1.89 bits per heavy atom. The Morgan fingerprint density at radius 3 is 2.50 bits per heavy atom. The molecule has 0 spiro atoms. The largest absolute Gasteiger partial charge is 0.497 e. The van der Waals surface area contributed by atoms with E-state index in [9.17, 15) is 9.59 Å². The molecule has 148 valence electrons. The van der Waals surface area contributed by atoms with Crippen molar-refractivity contribution in [2.75, 3.05) is 26.1 Å². The molecule has 28 heavy (non-hydrogen) atoms. The number of benzene rings is 1. The number of rotatable bonds is 5. The maximum absolute atomic E-state index is 13.0.